The van der Waals surface area contributed by atoms with Crippen molar-refractivity contribution in [3.05, 3.63) is 99.4 Å². The van der Waals surface area contributed by atoms with Crippen LogP contribution < -0.4 is 0 Å². The molecule has 0 amide bonds. The molecule has 0 radical (unpaired) electrons. The van der Waals surface area contributed by atoms with Crippen molar-refractivity contribution in [2.45, 2.75) is 137 Å². The molecular weight excluding hydrogens is 557 g/mol. The third-order valence-corrected chi connectivity index (χ3v) is 8.77. The summed E-state index contributed by atoms with van der Waals surface area (Å²) in [6.45, 7) is 30.7. The molecule has 4 heteroatoms. The third kappa shape index (κ3) is 8.64. The first kappa shape index (κ1) is 36.5. The maximum absolute atomic E-state index is 14.2. The smallest absolute Gasteiger partial charge is 0.137 e. The van der Waals surface area contributed by atoms with Crippen LogP contribution in [0.2, 0.25) is 0 Å². The SMILES string of the molecule is CC(C)CC(N=Cc1cc(F)ccc1O)C(O)(c1cc(C(C)(C)C)cc(C(C)(C)C)c1)c1cc(C(C)(C)C)cc(C(C)(C)C)c1. The van der Waals surface area contributed by atoms with E-state index in [1.54, 1.807) is 0 Å². The third-order valence-electron chi connectivity index (χ3n) is 8.77. The second-order valence-electron chi connectivity index (χ2n) is 17.5. The highest BCUT2D eigenvalue weighted by Crippen LogP contribution is 2.44. The zero-order chi connectivity index (χ0) is 34.3. The highest BCUT2D eigenvalue weighted by Gasteiger charge is 2.43. The predicted octanol–water partition coefficient (Wildman–Crippen LogP) is 10.5. The summed E-state index contributed by atoms with van der Waals surface area (Å²) in [7, 11) is 0. The summed E-state index contributed by atoms with van der Waals surface area (Å²) in [4.78, 5) is 5.03. The molecule has 0 fully saturated rings. The topological polar surface area (TPSA) is 52.8 Å². The molecule has 0 spiro atoms. The average Bonchev–Trinajstić information content (AvgIpc) is 2.89. The van der Waals surface area contributed by atoms with Gasteiger partial charge in [0.05, 0.1) is 6.04 Å². The fraction of sp³-hybridized carbons (Fsp3) is 0.537. The Morgan fingerprint density at radius 3 is 1.31 bits per heavy atom. The first-order valence-corrected chi connectivity index (χ1v) is 16.4. The standard InChI is InChI=1S/C41H58FNO2/c1-26(2)17-36(43-25-27-18-34(42)15-16-35(27)44)41(45,32-21-28(37(3,4)5)19-29(22-32)38(6,7)8)33-23-30(39(9,10)11)20-31(24-33)40(12,13)14/h15-16,18-26,36,44-45H,17H2,1-14H3. The van der Waals surface area contributed by atoms with Crippen molar-refractivity contribution in [1.29, 1.82) is 0 Å². The van der Waals surface area contributed by atoms with Gasteiger partial charge in [-0.1, -0.05) is 133 Å². The van der Waals surface area contributed by atoms with E-state index in [2.05, 4.69) is 133 Å². The molecule has 0 heterocycles. The Hall–Kier alpha value is -2.98. The molecule has 1 unspecified atom stereocenters. The van der Waals surface area contributed by atoms with E-state index >= 15 is 0 Å². The molecule has 0 aliphatic rings. The number of rotatable bonds is 7. The van der Waals surface area contributed by atoms with E-state index in [1.807, 2.05) is 0 Å². The van der Waals surface area contributed by atoms with Gasteiger partial charge in [0, 0.05) is 11.8 Å². The summed E-state index contributed by atoms with van der Waals surface area (Å²) in [5.74, 6) is -0.313. The molecule has 3 rings (SSSR count). The van der Waals surface area contributed by atoms with Crippen LogP contribution in [-0.2, 0) is 27.3 Å². The Morgan fingerprint density at radius 2 is 0.978 bits per heavy atom. The Labute approximate surface area is 273 Å². The molecule has 2 N–H and O–H groups in total. The molecule has 0 bridgehead atoms. The maximum atomic E-state index is 14.2. The van der Waals surface area contributed by atoms with Crippen molar-refractivity contribution in [2.24, 2.45) is 10.9 Å². The number of hydrogen-bond acceptors (Lipinski definition) is 3. The van der Waals surface area contributed by atoms with E-state index in [0.717, 1.165) is 33.4 Å². The van der Waals surface area contributed by atoms with Gasteiger partial charge in [-0.3, -0.25) is 4.99 Å². The summed E-state index contributed by atoms with van der Waals surface area (Å²) in [6.07, 6.45) is 2.09. The lowest BCUT2D eigenvalue weighted by atomic mass is 9.70. The number of benzene rings is 3. The van der Waals surface area contributed by atoms with Gasteiger partial charge in [-0.2, -0.15) is 0 Å². The van der Waals surface area contributed by atoms with Gasteiger partial charge < -0.3 is 10.2 Å². The monoisotopic (exact) mass is 615 g/mol. The van der Waals surface area contributed by atoms with Gasteiger partial charge in [-0.05, 0) is 85.6 Å². The fourth-order valence-corrected chi connectivity index (χ4v) is 5.56. The molecule has 0 aliphatic heterocycles. The Morgan fingerprint density at radius 1 is 0.622 bits per heavy atom. The van der Waals surface area contributed by atoms with Gasteiger partial charge in [0.1, 0.15) is 17.2 Å². The van der Waals surface area contributed by atoms with Gasteiger partial charge in [0.15, 0.2) is 0 Å². The van der Waals surface area contributed by atoms with Crippen molar-refractivity contribution >= 4 is 6.21 Å². The summed E-state index contributed by atoms with van der Waals surface area (Å²) in [5.41, 5.74) is 4.24. The lowest BCUT2D eigenvalue weighted by Crippen LogP contribution is -2.42. The van der Waals surface area contributed by atoms with Crippen LogP contribution in [0, 0.1) is 11.7 Å². The van der Waals surface area contributed by atoms with E-state index < -0.39 is 17.5 Å². The zero-order valence-electron chi connectivity index (χ0n) is 30.4. The molecule has 3 aromatic rings. The van der Waals surface area contributed by atoms with Gasteiger partial charge in [0.25, 0.3) is 0 Å². The molecular formula is C41H58FNO2. The molecule has 0 aliphatic carbocycles. The van der Waals surface area contributed by atoms with Gasteiger partial charge in [0.2, 0.25) is 0 Å². The van der Waals surface area contributed by atoms with E-state index in [0.29, 0.717) is 6.42 Å². The van der Waals surface area contributed by atoms with Gasteiger partial charge >= 0.3 is 0 Å². The predicted molar refractivity (Wildman–Crippen MR) is 190 cm³/mol. The summed E-state index contributed by atoms with van der Waals surface area (Å²) in [6, 6.07) is 16.3. The summed E-state index contributed by atoms with van der Waals surface area (Å²) >= 11 is 0. The maximum Gasteiger partial charge on any atom is 0.137 e. The number of aliphatic imine (C=N–C) groups is 1. The number of aliphatic hydroxyl groups is 1. The van der Waals surface area contributed by atoms with Crippen LogP contribution in [-0.4, -0.2) is 22.5 Å². The second kappa shape index (κ2) is 12.7. The van der Waals surface area contributed by atoms with E-state index in [-0.39, 0.29) is 38.9 Å². The number of nitrogens with zero attached hydrogens (tertiary/aromatic N) is 1. The molecule has 0 saturated heterocycles. The largest absolute Gasteiger partial charge is 0.507 e. The molecule has 0 saturated carbocycles. The van der Waals surface area contributed by atoms with Gasteiger partial charge in [-0.15, -0.1) is 0 Å². The van der Waals surface area contributed by atoms with Crippen LogP contribution in [0.15, 0.2) is 59.6 Å². The first-order valence-electron chi connectivity index (χ1n) is 16.4. The molecule has 45 heavy (non-hydrogen) atoms. The lowest BCUT2D eigenvalue weighted by Gasteiger charge is -2.39. The number of phenolic OH excluding ortho intramolecular Hbond substituents is 1. The van der Waals surface area contributed by atoms with Crippen LogP contribution in [0.5, 0.6) is 5.75 Å². The van der Waals surface area contributed by atoms with Crippen molar-refractivity contribution in [2.75, 3.05) is 0 Å². The Bertz CT molecular complexity index is 1380. The number of aromatic hydroxyl groups is 1. The van der Waals surface area contributed by atoms with E-state index in [1.165, 1.54) is 24.4 Å². The van der Waals surface area contributed by atoms with Crippen molar-refractivity contribution in [3.63, 3.8) is 0 Å². The van der Waals surface area contributed by atoms with Crippen LogP contribution in [0.25, 0.3) is 0 Å². The van der Waals surface area contributed by atoms with Crippen LogP contribution in [0.1, 0.15) is 142 Å². The van der Waals surface area contributed by atoms with E-state index in [4.69, 9.17) is 4.99 Å². The summed E-state index contributed by atoms with van der Waals surface area (Å²) < 4.78 is 14.2. The highest BCUT2D eigenvalue weighted by atomic mass is 19.1. The minimum atomic E-state index is -1.54. The number of phenols is 1. The van der Waals surface area contributed by atoms with Crippen LogP contribution in [0.3, 0.4) is 0 Å². The van der Waals surface area contributed by atoms with Crippen molar-refractivity contribution < 1.29 is 14.6 Å². The lowest BCUT2D eigenvalue weighted by molar-refractivity contribution is 0.0448. The van der Waals surface area contributed by atoms with Crippen molar-refractivity contribution in [3.8, 4) is 5.75 Å². The fourth-order valence-electron chi connectivity index (χ4n) is 5.56. The van der Waals surface area contributed by atoms with Crippen molar-refractivity contribution in [1.82, 2.24) is 0 Å². The summed E-state index contributed by atoms with van der Waals surface area (Å²) in [5, 5.41) is 24.1. The average molecular weight is 616 g/mol. The normalized spacial score (nSPS) is 14.4. The quantitative estimate of drug-likeness (QED) is 0.260. The van der Waals surface area contributed by atoms with E-state index in [9.17, 15) is 14.6 Å². The second-order valence-corrected chi connectivity index (χ2v) is 17.5. The molecule has 3 aromatic carbocycles. The molecule has 246 valence electrons. The van der Waals surface area contributed by atoms with Gasteiger partial charge in [-0.25, -0.2) is 4.39 Å². The van der Waals surface area contributed by atoms with Crippen LogP contribution >= 0.6 is 0 Å². The molecule has 1 atom stereocenters. The first-order chi connectivity index (χ1) is 20.3. The highest BCUT2D eigenvalue weighted by molar-refractivity contribution is 5.83. The molecule has 0 aromatic heterocycles. The Balaban J connectivity index is 2.54. The minimum Gasteiger partial charge on any atom is -0.507 e. The minimum absolute atomic E-state index is 0.0542. The van der Waals surface area contributed by atoms with Crippen LogP contribution in [0.4, 0.5) is 4.39 Å². The zero-order valence-corrected chi connectivity index (χ0v) is 30.4. The molecule has 3 nitrogen and oxygen atoms in total. The number of hydrogen-bond donors (Lipinski definition) is 2. The number of halogens is 1. The Kier molecular flexibility index (Phi) is 10.3.